The van der Waals surface area contributed by atoms with E-state index in [1.54, 1.807) is 13.0 Å². The van der Waals surface area contributed by atoms with Crippen molar-refractivity contribution in [2.45, 2.75) is 13.8 Å². The third kappa shape index (κ3) is 4.10. The Morgan fingerprint density at radius 1 is 1.17 bits per heavy atom. The number of nitro benzene ring substituents is 1. The first-order chi connectivity index (χ1) is 10.9. The summed E-state index contributed by atoms with van der Waals surface area (Å²) in [6.07, 6.45) is 1.39. The number of benzene rings is 1. The fourth-order valence-corrected chi connectivity index (χ4v) is 1.87. The van der Waals surface area contributed by atoms with Crippen LogP contribution in [0.5, 0.6) is 0 Å². The van der Waals surface area contributed by atoms with Crippen molar-refractivity contribution in [3.05, 3.63) is 57.8 Å². The second-order valence-electron chi connectivity index (χ2n) is 4.82. The molecule has 8 nitrogen and oxygen atoms in total. The zero-order chi connectivity index (χ0) is 17.0. The van der Waals surface area contributed by atoms with Gasteiger partial charge in [0.2, 0.25) is 5.91 Å². The molecule has 2 amide bonds. The number of anilines is 2. The summed E-state index contributed by atoms with van der Waals surface area (Å²) in [6, 6.07) is 7.12. The number of amides is 2. The van der Waals surface area contributed by atoms with Crippen LogP contribution in [0.15, 0.2) is 36.5 Å². The number of carbonyl (C=O) groups is 2. The van der Waals surface area contributed by atoms with Crippen LogP contribution in [-0.4, -0.2) is 21.7 Å². The van der Waals surface area contributed by atoms with Crippen molar-refractivity contribution in [2.75, 3.05) is 10.6 Å². The maximum Gasteiger partial charge on any atom is 0.271 e. The third-order valence-electron chi connectivity index (χ3n) is 3.01. The highest BCUT2D eigenvalue weighted by Crippen LogP contribution is 2.22. The van der Waals surface area contributed by atoms with Gasteiger partial charge in [-0.05, 0) is 24.6 Å². The molecule has 0 radical (unpaired) electrons. The Labute approximate surface area is 131 Å². The summed E-state index contributed by atoms with van der Waals surface area (Å²) >= 11 is 0. The number of hydrogen-bond donors (Lipinski definition) is 2. The molecule has 2 aromatic rings. The molecule has 1 aromatic carbocycles. The maximum absolute atomic E-state index is 12.3. The third-order valence-corrected chi connectivity index (χ3v) is 3.01. The van der Waals surface area contributed by atoms with Crippen LogP contribution in [0.2, 0.25) is 0 Å². The van der Waals surface area contributed by atoms with E-state index in [4.69, 9.17) is 0 Å². The van der Waals surface area contributed by atoms with Crippen LogP contribution in [0.25, 0.3) is 0 Å². The van der Waals surface area contributed by atoms with E-state index < -0.39 is 10.8 Å². The number of carbonyl (C=O) groups excluding carboxylic acids is 2. The van der Waals surface area contributed by atoms with Crippen LogP contribution >= 0.6 is 0 Å². The van der Waals surface area contributed by atoms with Gasteiger partial charge in [-0.1, -0.05) is 6.07 Å². The molecule has 8 heteroatoms. The lowest BCUT2D eigenvalue weighted by Crippen LogP contribution is -2.14. The standard InChI is InChI=1S/C15H14N4O4/c1-9-3-4-12(19(22)23)8-13(9)18-15(21)11-5-6-16-14(7-11)17-10(2)20/h3-8H,1-2H3,(H,18,21)(H,16,17,20). The number of hydrogen-bond acceptors (Lipinski definition) is 5. The monoisotopic (exact) mass is 314 g/mol. The maximum atomic E-state index is 12.3. The Morgan fingerprint density at radius 3 is 2.57 bits per heavy atom. The Balaban J connectivity index is 2.24. The molecule has 1 heterocycles. The molecule has 0 fully saturated rings. The molecule has 118 valence electrons. The second kappa shape index (κ2) is 6.65. The molecule has 0 unspecified atom stereocenters. The minimum atomic E-state index is -0.531. The summed E-state index contributed by atoms with van der Waals surface area (Å²) in [5.74, 6) is -0.506. The van der Waals surface area contributed by atoms with Crippen LogP contribution in [0, 0.1) is 17.0 Å². The first kappa shape index (κ1) is 16.1. The molecule has 0 aliphatic rings. The number of nitrogens with zero attached hydrogens (tertiary/aromatic N) is 2. The van der Waals surface area contributed by atoms with E-state index in [1.807, 2.05) is 0 Å². The predicted octanol–water partition coefficient (Wildman–Crippen LogP) is 2.51. The van der Waals surface area contributed by atoms with Crippen LogP contribution in [0.4, 0.5) is 17.2 Å². The van der Waals surface area contributed by atoms with Gasteiger partial charge < -0.3 is 10.6 Å². The topological polar surface area (TPSA) is 114 Å². The molecule has 1 aromatic heterocycles. The molecule has 23 heavy (non-hydrogen) atoms. The van der Waals surface area contributed by atoms with Gasteiger partial charge in [-0.15, -0.1) is 0 Å². The van der Waals surface area contributed by atoms with Crippen LogP contribution < -0.4 is 10.6 Å². The average molecular weight is 314 g/mol. The molecule has 0 saturated heterocycles. The van der Waals surface area contributed by atoms with Gasteiger partial charge in [-0.25, -0.2) is 4.98 Å². The fraction of sp³-hybridized carbons (Fsp3) is 0.133. The van der Waals surface area contributed by atoms with Crippen molar-refractivity contribution in [3.63, 3.8) is 0 Å². The molecule has 2 rings (SSSR count). The van der Waals surface area contributed by atoms with Crippen LogP contribution in [0.1, 0.15) is 22.8 Å². The highest BCUT2D eigenvalue weighted by molar-refractivity contribution is 6.05. The summed E-state index contributed by atoms with van der Waals surface area (Å²) < 4.78 is 0. The van der Waals surface area contributed by atoms with Crippen molar-refractivity contribution in [1.82, 2.24) is 4.98 Å². The van der Waals surface area contributed by atoms with Gasteiger partial charge in [0, 0.05) is 30.8 Å². The van der Waals surface area contributed by atoms with Gasteiger partial charge >= 0.3 is 0 Å². The predicted molar refractivity (Wildman–Crippen MR) is 84.3 cm³/mol. The fourth-order valence-electron chi connectivity index (χ4n) is 1.87. The van der Waals surface area contributed by atoms with Gasteiger partial charge in [0.25, 0.3) is 11.6 Å². The number of non-ortho nitro benzene ring substituents is 1. The molecular formula is C15H14N4O4. The minimum Gasteiger partial charge on any atom is -0.321 e. The minimum absolute atomic E-state index is 0.112. The van der Waals surface area contributed by atoms with Crippen molar-refractivity contribution in [3.8, 4) is 0 Å². The lowest BCUT2D eigenvalue weighted by molar-refractivity contribution is -0.384. The van der Waals surface area contributed by atoms with E-state index in [0.29, 0.717) is 11.3 Å². The molecule has 0 aliphatic carbocycles. The molecule has 0 bridgehead atoms. The summed E-state index contributed by atoms with van der Waals surface area (Å²) in [7, 11) is 0. The van der Waals surface area contributed by atoms with E-state index in [0.717, 1.165) is 0 Å². The van der Waals surface area contributed by atoms with Crippen molar-refractivity contribution in [1.29, 1.82) is 0 Å². The first-order valence-corrected chi connectivity index (χ1v) is 6.67. The van der Waals surface area contributed by atoms with E-state index >= 15 is 0 Å². The Hall–Kier alpha value is -3.29. The van der Waals surface area contributed by atoms with E-state index in [2.05, 4.69) is 15.6 Å². The van der Waals surface area contributed by atoms with Crippen LogP contribution in [0.3, 0.4) is 0 Å². The summed E-state index contributed by atoms with van der Waals surface area (Å²) in [6.45, 7) is 3.06. The quantitative estimate of drug-likeness (QED) is 0.664. The largest absolute Gasteiger partial charge is 0.321 e. The smallest absolute Gasteiger partial charge is 0.271 e. The average Bonchev–Trinajstić information content (AvgIpc) is 2.48. The Morgan fingerprint density at radius 2 is 1.91 bits per heavy atom. The number of nitro groups is 1. The number of aryl methyl sites for hydroxylation is 1. The zero-order valence-electron chi connectivity index (χ0n) is 12.5. The highest BCUT2D eigenvalue weighted by Gasteiger charge is 2.13. The van der Waals surface area contributed by atoms with E-state index in [-0.39, 0.29) is 23.0 Å². The SMILES string of the molecule is CC(=O)Nc1cc(C(=O)Nc2cc([N+](=O)[O-])ccc2C)ccn1. The highest BCUT2D eigenvalue weighted by atomic mass is 16.6. The lowest BCUT2D eigenvalue weighted by atomic mass is 10.1. The molecule has 0 spiro atoms. The Bertz CT molecular complexity index is 789. The van der Waals surface area contributed by atoms with Crippen molar-refractivity contribution in [2.24, 2.45) is 0 Å². The molecule has 0 aliphatic heterocycles. The number of pyridine rings is 1. The first-order valence-electron chi connectivity index (χ1n) is 6.67. The molecule has 0 saturated carbocycles. The molecule has 2 N–H and O–H groups in total. The Kier molecular flexibility index (Phi) is 4.65. The van der Waals surface area contributed by atoms with E-state index in [1.165, 1.54) is 37.4 Å². The summed E-state index contributed by atoms with van der Waals surface area (Å²) in [5, 5.41) is 15.9. The van der Waals surface area contributed by atoms with Gasteiger partial charge in [-0.3, -0.25) is 19.7 Å². The lowest BCUT2D eigenvalue weighted by Gasteiger charge is -2.09. The van der Waals surface area contributed by atoms with Gasteiger partial charge in [0.05, 0.1) is 10.6 Å². The van der Waals surface area contributed by atoms with Crippen molar-refractivity contribution >= 4 is 29.0 Å². The number of aromatic nitrogens is 1. The van der Waals surface area contributed by atoms with Gasteiger partial charge in [-0.2, -0.15) is 0 Å². The molecular weight excluding hydrogens is 300 g/mol. The summed E-state index contributed by atoms with van der Waals surface area (Å²) in [4.78, 5) is 37.5. The molecule has 0 atom stereocenters. The second-order valence-corrected chi connectivity index (χ2v) is 4.82. The zero-order valence-corrected chi connectivity index (χ0v) is 12.5. The van der Waals surface area contributed by atoms with Gasteiger partial charge in [0.15, 0.2) is 0 Å². The number of rotatable bonds is 4. The van der Waals surface area contributed by atoms with E-state index in [9.17, 15) is 19.7 Å². The summed E-state index contributed by atoms with van der Waals surface area (Å²) in [5.41, 5.74) is 1.20. The normalized spacial score (nSPS) is 10.0. The number of nitrogens with one attached hydrogen (secondary N) is 2. The van der Waals surface area contributed by atoms with Crippen LogP contribution in [-0.2, 0) is 4.79 Å². The van der Waals surface area contributed by atoms with Gasteiger partial charge in [0.1, 0.15) is 5.82 Å². The van der Waals surface area contributed by atoms with Crippen molar-refractivity contribution < 1.29 is 14.5 Å².